The molecule has 0 aliphatic heterocycles. The van der Waals surface area contributed by atoms with Gasteiger partial charge in [-0.05, 0) is 36.6 Å². The largest absolute Gasteiger partial charge is 0.497 e. The van der Waals surface area contributed by atoms with Crippen molar-refractivity contribution in [3.8, 4) is 18.1 Å². The Morgan fingerprint density at radius 2 is 2.23 bits per heavy atom. The van der Waals surface area contributed by atoms with Crippen LogP contribution in [0.25, 0.3) is 0 Å². The Morgan fingerprint density at radius 3 is 2.77 bits per heavy atom. The second kappa shape index (κ2) is 4.57. The van der Waals surface area contributed by atoms with Gasteiger partial charge in [0.15, 0.2) is 0 Å². The maximum atomic E-state index is 5.21. The van der Waals surface area contributed by atoms with Crippen LogP contribution in [0.5, 0.6) is 5.75 Å². The van der Waals surface area contributed by atoms with Crippen LogP contribution in [0.4, 0.5) is 0 Å². The molecule has 0 spiro atoms. The van der Waals surface area contributed by atoms with Crippen LogP contribution in [-0.4, -0.2) is 7.11 Å². The molecule has 0 aliphatic carbocycles. The van der Waals surface area contributed by atoms with Crippen LogP contribution in [-0.2, 0) is 6.42 Å². The third kappa shape index (κ3) is 2.52. The molecule has 0 N–H and O–H groups in total. The number of rotatable bonds is 3. The second-order valence-corrected chi connectivity index (χ2v) is 3.00. The van der Waals surface area contributed by atoms with E-state index in [0.717, 1.165) is 18.6 Å². The molecule has 0 aromatic heterocycles. The van der Waals surface area contributed by atoms with Crippen molar-refractivity contribution in [2.45, 2.75) is 19.8 Å². The van der Waals surface area contributed by atoms with E-state index in [4.69, 9.17) is 11.2 Å². The molecule has 0 atom stereocenters. The maximum absolute atomic E-state index is 5.21. The first-order chi connectivity index (χ1) is 6.27. The maximum Gasteiger partial charge on any atom is 0.119 e. The number of ether oxygens (including phenoxy) is 1. The van der Waals surface area contributed by atoms with Crippen molar-refractivity contribution >= 4 is 0 Å². The van der Waals surface area contributed by atoms with Crippen molar-refractivity contribution in [3.63, 3.8) is 0 Å². The molecule has 13 heavy (non-hydrogen) atoms. The highest BCUT2D eigenvalue weighted by atomic mass is 16.5. The van der Waals surface area contributed by atoms with Crippen LogP contribution < -0.4 is 4.74 Å². The summed E-state index contributed by atoms with van der Waals surface area (Å²) >= 11 is 0. The van der Waals surface area contributed by atoms with Gasteiger partial charge in [0.05, 0.1) is 7.11 Å². The van der Waals surface area contributed by atoms with Crippen molar-refractivity contribution in [3.05, 3.63) is 29.3 Å². The molecule has 1 rings (SSSR count). The Labute approximate surface area is 79.7 Å². The second-order valence-electron chi connectivity index (χ2n) is 3.00. The van der Waals surface area contributed by atoms with Crippen LogP contribution >= 0.6 is 0 Å². The molecule has 0 bridgehead atoms. The zero-order valence-corrected chi connectivity index (χ0v) is 8.13. The number of terminal acetylenes is 1. The van der Waals surface area contributed by atoms with E-state index in [2.05, 4.69) is 18.9 Å². The predicted octanol–water partition coefficient (Wildman–Crippen LogP) is 2.57. The average Bonchev–Trinajstić information content (AvgIpc) is 2.16. The van der Waals surface area contributed by atoms with Crippen LogP contribution in [0.1, 0.15) is 17.5 Å². The summed E-state index contributed by atoms with van der Waals surface area (Å²) in [7, 11) is 1.68. The molecule has 0 radical (unpaired) electrons. The van der Waals surface area contributed by atoms with E-state index in [1.165, 1.54) is 11.1 Å². The summed E-state index contributed by atoms with van der Waals surface area (Å²) in [4.78, 5) is 0. The molecule has 0 amide bonds. The number of hydrogen-bond donors (Lipinski definition) is 0. The van der Waals surface area contributed by atoms with Crippen LogP contribution in [0.3, 0.4) is 0 Å². The van der Waals surface area contributed by atoms with E-state index in [1.54, 1.807) is 7.11 Å². The fourth-order valence-corrected chi connectivity index (χ4v) is 1.28. The minimum Gasteiger partial charge on any atom is -0.497 e. The normalized spacial score (nSPS) is 9.31. The summed E-state index contributed by atoms with van der Waals surface area (Å²) in [5.41, 5.74) is 2.55. The van der Waals surface area contributed by atoms with Crippen LogP contribution in [0, 0.1) is 19.3 Å². The number of methoxy groups -OCH3 is 1. The van der Waals surface area contributed by atoms with Gasteiger partial charge >= 0.3 is 0 Å². The minimum absolute atomic E-state index is 0.799. The van der Waals surface area contributed by atoms with Gasteiger partial charge in [0.25, 0.3) is 0 Å². The lowest BCUT2D eigenvalue weighted by Gasteiger charge is -2.06. The highest BCUT2D eigenvalue weighted by Crippen LogP contribution is 2.17. The molecule has 0 saturated heterocycles. The van der Waals surface area contributed by atoms with Gasteiger partial charge in [0, 0.05) is 6.42 Å². The third-order valence-electron chi connectivity index (χ3n) is 2.09. The van der Waals surface area contributed by atoms with Gasteiger partial charge in [-0.1, -0.05) is 6.07 Å². The van der Waals surface area contributed by atoms with Crippen molar-refractivity contribution < 1.29 is 4.74 Å². The minimum atomic E-state index is 0.799. The lowest BCUT2D eigenvalue weighted by Crippen LogP contribution is -1.90. The summed E-state index contributed by atoms with van der Waals surface area (Å²) in [5, 5.41) is 0. The van der Waals surface area contributed by atoms with Gasteiger partial charge in [0.1, 0.15) is 5.75 Å². The number of aryl methyl sites for hydroxylation is 2. The van der Waals surface area contributed by atoms with E-state index in [0.29, 0.717) is 0 Å². The number of hydrogen-bond acceptors (Lipinski definition) is 1. The summed E-state index contributed by atoms with van der Waals surface area (Å²) < 4.78 is 5.11. The summed E-state index contributed by atoms with van der Waals surface area (Å²) in [6.07, 6.45) is 6.96. The molecular formula is C12H14O. The Hall–Kier alpha value is -1.42. The predicted molar refractivity (Wildman–Crippen MR) is 54.9 cm³/mol. The van der Waals surface area contributed by atoms with Crippen molar-refractivity contribution in [1.29, 1.82) is 0 Å². The van der Waals surface area contributed by atoms with Gasteiger partial charge in [-0.2, -0.15) is 0 Å². The van der Waals surface area contributed by atoms with Gasteiger partial charge < -0.3 is 4.74 Å². The molecule has 1 aromatic rings. The molecule has 0 unspecified atom stereocenters. The molecule has 0 saturated carbocycles. The highest BCUT2D eigenvalue weighted by molar-refractivity contribution is 5.35. The molecule has 1 nitrogen and oxygen atoms in total. The van der Waals surface area contributed by atoms with E-state index in [-0.39, 0.29) is 0 Å². The quantitative estimate of drug-likeness (QED) is 0.640. The standard InChI is InChI=1S/C12H14O/c1-4-5-6-11-7-8-12(13-3)9-10(11)2/h1,7-9H,5-6H2,2-3H3. The monoisotopic (exact) mass is 174 g/mol. The fraction of sp³-hybridized carbons (Fsp3) is 0.333. The van der Waals surface area contributed by atoms with E-state index in [1.807, 2.05) is 12.1 Å². The first-order valence-corrected chi connectivity index (χ1v) is 4.35. The van der Waals surface area contributed by atoms with E-state index < -0.39 is 0 Å². The topological polar surface area (TPSA) is 9.23 Å². The van der Waals surface area contributed by atoms with Crippen molar-refractivity contribution in [1.82, 2.24) is 0 Å². The van der Waals surface area contributed by atoms with Crippen molar-refractivity contribution in [2.75, 3.05) is 7.11 Å². The summed E-state index contributed by atoms with van der Waals surface area (Å²) in [6.45, 7) is 2.08. The van der Waals surface area contributed by atoms with Crippen LogP contribution in [0.2, 0.25) is 0 Å². The molecule has 0 fully saturated rings. The third-order valence-corrected chi connectivity index (χ3v) is 2.09. The number of benzene rings is 1. The Balaban J connectivity index is 2.80. The zero-order valence-electron chi connectivity index (χ0n) is 8.13. The molecule has 1 heteroatoms. The zero-order chi connectivity index (χ0) is 9.68. The van der Waals surface area contributed by atoms with Gasteiger partial charge in [0.2, 0.25) is 0 Å². The average molecular weight is 174 g/mol. The van der Waals surface area contributed by atoms with Crippen LogP contribution in [0.15, 0.2) is 18.2 Å². The van der Waals surface area contributed by atoms with Gasteiger partial charge in [-0.25, -0.2) is 0 Å². The van der Waals surface area contributed by atoms with Gasteiger partial charge in [-0.3, -0.25) is 0 Å². The molecule has 0 aliphatic rings. The fourth-order valence-electron chi connectivity index (χ4n) is 1.28. The smallest absolute Gasteiger partial charge is 0.119 e. The highest BCUT2D eigenvalue weighted by Gasteiger charge is 1.98. The Kier molecular flexibility index (Phi) is 3.40. The van der Waals surface area contributed by atoms with E-state index in [9.17, 15) is 0 Å². The first-order valence-electron chi connectivity index (χ1n) is 4.35. The Bertz CT molecular complexity index is 320. The molecule has 1 aromatic carbocycles. The lowest BCUT2D eigenvalue weighted by molar-refractivity contribution is 0.414. The summed E-state index contributed by atoms with van der Waals surface area (Å²) in [5.74, 6) is 3.55. The van der Waals surface area contributed by atoms with Gasteiger partial charge in [-0.15, -0.1) is 12.3 Å². The molecular weight excluding hydrogens is 160 g/mol. The van der Waals surface area contributed by atoms with E-state index >= 15 is 0 Å². The summed E-state index contributed by atoms with van der Waals surface area (Å²) in [6, 6.07) is 6.08. The molecule has 0 heterocycles. The lowest BCUT2D eigenvalue weighted by atomic mass is 10.0. The molecule has 68 valence electrons. The Morgan fingerprint density at radius 1 is 1.46 bits per heavy atom. The first kappa shape index (κ1) is 9.67. The SMILES string of the molecule is C#CCCc1ccc(OC)cc1C. The van der Waals surface area contributed by atoms with Crippen molar-refractivity contribution in [2.24, 2.45) is 0 Å².